The van der Waals surface area contributed by atoms with Crippen molar-refractivity contribution >= 4 is 23.5 Å². The van der Waals surface area contributed by atoms with Gasteiger partial charge < -0.3 is 11.1 Å². The van der Waals surface area contributed by atoms with Gasteiger partial charge in [-0.05, 0) is 44.0 Å². The minimum atomic E-state index is -0.757. The van der Waals surface area contributed by atoms with Crippen LogP contribution in [0.25, 0.3) is 16.6 Å². The molecule has 3 aromatic rings. The average molecular weight is 435 g/mol. The largest absolute Gasteiger partial charge is 0.383 e. The molecule has 10 heteroatoms. The van der Waals surface area contributed by atoms with E-state index in [-0.39, 0.29) is 39.6 Å². The minimum Gasteiger partial charge on any atom is -0.383 e. The van der Waals surface area contributed by atoms with E-state index in [4.69, 9.17) is 5.73 Å². The summed E-state index contributed by atoms with van der Waals surface area (Å²) in [7, 11) is 1.41. The molecule has 0 aliphatic heterocycles. The maximum absolute atomic E-state index is 14.5. The fourth-order valence-electron chi connectivity index (χ4n) is 3.17. The summed E-state index contributed by atoms with van der Waals surface area (Å²) in [6.45, 7) is 5.09. The van der Waals surface area contributed by atoms with Crippen LogP contribution >= 0.6 is 0 Å². The van der Waals surface area contributed by atoms with Gasteiger partial charge in [0, 0.05) is 7.05 Å². The number of aliphatic imine (C=N–C) groups is 2. The van der Waals surface area contributed by atoms with Crippen molar-refractivity contribution in [3.05, 3.63) is 81.7 Å². The van der Waals surface area contributed by atoms with Gasteiger partial charge in [-0.15, -0.1) is 0 Å². The summed E-state index contributed by atoms with van der Waals surface area (Å²) < 4.78 is 29.5. The number of nitrogens with zero attached hydrogens (tertiary/aromatic N) is 5. The molecule has 0 unspecified atom stereocenters. The normalized spacial score (nSPS) is 13.3. The standard InChI is InChI=1S/C22H19F2N7O/c1-12(29-20(28-3)15(11-25)19(26)27-2)21-30-17-9-5-8-16(24)18(17)22(32)31(21)14-7-4-6-13(23)10-14/h4-10,12,29H,3H2,1-2H3,(H2,26,27)/b20-15+/t12-/m0/s1. The predicted molar refractivity (Wildman–Crippen MR) is 119 cm³/mol. The van der Waals surface area contributed by atoms with Gasteiger partial charge in [0.1, 0.15) is 46.1 Å². The van der Waals surface area contributed by atoms with Gasteiger partial charge >= 0.3 is 0 Å². The lowest BCUT2D eigenvalue weighted by Gasteiger charge is -2.21. The van der Waals surface area contributed by atoms with Gasteiger partial charge in [-0.3, -0.25) is 14.4 Å². The Morgan fingerprint density at radius 1 is 1.31 bits per heavy atom. The second-order valence-corrected chi connectivity index (χ2v) is 6.69. The van der Waals surface area contributed by atoms with Crippen LogP contribution in [0.4, 0.5) is 8.78 Å². The molecular formula is C22H19F2N7O. The summed E-state index contributed by atoms with van der Waals surface area (Å²) in [5, 5.41) is 12.1. The number of halogens is 2. The maximum Gasteiger partial charge on any atom is 0.269 e. The van der Waals surface area contributed by atoms with Crippen LogP contribution in [-0.2, 0) is 0 Å². The number of hydrogen-bond donors (Lipinski definition) is 2. The molecule has 0 spiro atoms. The quantitative estimate of drug-likeness (QED) is 0.350. The Morgan fingerprint density at radius 2 is 2.03 bits per heavy atom. The van der Waals surface area contributed by atoms with E-state index in [1.165, 1.54) is 37.4 Å². The van der Waals surface area contributed by atoms with E-state index in [0.717, 1.165) is 16.7 Å². The Bertz CT molecular complexity index is 1370. The van der Waals surface area contributed by atoms with Crippen LogP contribution in [0.2, 0.25) is 0 Å². The molecule has 0 aliphatic carbocycles. The molecule has 0 saturated carbocycles. The summed E-state index contributed by atoms with van der Waals surface area (Å²) in [6, 6.07) is 10.5. The Morgan fingerprint density at radius 3 is 2.66 bits per heavy atom. The molecule has 162 valence electrons. The first-order valence-corrected chi connectivity index (χ1v) is 9.39. The first-order chi connectivity index (χ1) is 15.3. The molecule has 2 aromatic carbocycles. The van der Waals surface area contributed by atoms with Gasteiger partial charge in [-0.25, -0.2) is 18.8 Å². The Kier molecular flexibility index (Phi) is 6.39. The second kappa shape index (κ2) is 9.18. The van der Waals surface area contributed by atoms with Crippen LogP contribution in [0.15, 0.2) is 68.6 Å². The van der Waals surface area contributed by atoms with Crippen molar-refractivity contribution in [2.24, 2.45) is 15.7 Å². The third-order valence-corrected chi connectivity index (χ3v) is 4.68. The molecule has 0 fully saturated rings. The minimum absolute atomic E-state index is 0.0162. The van der Waals surface area contributed by atoms with Gasteiger partial charge in [0.2, 0.25) is 0 Å². The van der Waals surface area contributed by atoms with E-state index in [1.54, 1.807) is 6.92 Å². The number of nitrogens with one attached hydrogen (secondary N) is 1. The molecule has 0 saturated heterocycles. The summed E-state index contributed by atoms with van der Waals surface area (Å²) in [4.78, 5) is 25.3. The van der Waals surface area contributed by atoms with Crippen LogP contribution in [0.3, 0.4) is 0 Å². The Balaban J connectivity index is 2.29. The number of aromatic nitrogens is 2. The van der Waals surface area contributed by atoms with Gasteiger partial charge in [-0.2, -0.15) is 5.26 Å². The van der Waals surface area contributed by atoms with Crippen molar-refractivity contribution in [3.63, 3.8) is 0 Å². The predicted octanol–water partition coefficient (Wildman–Crippen LogP) is 2.74. The van der Waals surface area contributed by atoms with Crippen molar-refractivity contribution < 1.29 is 8.78 Å². The Hall–Kier alpha value is -4.39. The third kappa shape index (κ3) is 4.09. The van der Waals surface area contributed by atoms with Crippen LogP contribution in [0.5, 0.6) is 0 Å². The number of nitriles is 1. The van der Waals surface area contributed by atoms with E-state index >= 15 is 0 Å². The number of amidine groups is 1. The highest BCUT2D eigenvalue weighted by Crippen LogP contribution is 2.21. The molecule has 1 aromatic heterocycles. The third-order valence-electron chi connectivity index (χ3n) is 4.68. The van der Waals surface area contributed by atoms with Crippen molar-refractivity contribution in [2.45, 2.75) is 13.0 Å². The van der Waals surface area contributed by atoms with Gasteiger partial charge in [0.05, 0.1) is 17.2 Å². The fourth-order valence-corrected chi connectivity index (χ4v) is 3.17. The van der Waals surface area contributed by atoms with E-state index < -0.39 is 23.2 Å². The summed E-state index contributed by atoms with van der Waals surface area (Å²) >= 11 is 0. The van der Waals surface area contributed by atoms with E-state index in [9.17, 15) is 18.8 Å². The molecular weight excluding hydrogens is 416 g/mol. The molecule has 3 rings (SSSR count). The molecule has 3 N–H and O–H groups in total. The number of rotatable bonds is 6. The molecule has 1 heterocycles. The first-order valence-electron chi connectivity index (χ1n) is 9.39. The van der Waals surface area contributed by atoms with E-state index in [0.29, 0.717) is 0 Å². The zero-order valence-electron chi connectivity index (χ0n) is 17.3. The molecule has 0 amide bonds. The zero-order valence-corrected chi connectivity index (χ0v) is 17.3. The highest BCUT2D eigenvalue weighted by molar-refractivity contribution is 6.01. The summed E-state index contributed by atoms with van der Waals surface area (Å²) in [5.74, 6) is -1.25. The van der Waals surface area contributed by atoms with Crippen molar-refractivity contribution in [2.75, 3.05) is 7.05 Å². The molecule has 0 aliphatic rings. The van der Waals surface area contributed by atoms with E-state index in [2.05, 4.69) is 27.0 Å². The lowest BCUT2D eigenvalue weighted by Crippen LogP contribution is -2.31. The lowest BCUT2D eigenvalue weighted by molar-refractivity contribution is 0.582. The number of fused-ring (bicyclic) bond motifs is 1. The lowest BCUT2D eigenvalue weighted by atomic mass is 10.2. The maximum atomic E-state index is 14.5. The molecule has 0 radical (unpaired) electrons. The van der Waals surface area contributed by atoms with Gasteiger partial charge in [0.25, 0.3) is 5.56 Å². The van der Waals surface area contributed by atoms with Gasteiger partial charge in [0.15, 0.2) is 0 Å². The fraction of sp³-hybridized carbons (Fsp3) is 0.136. The SMILES string of the molecule is C=N/C(N[C@@H](C)c1nc2cccc(F)c2c(=O)n1-c1cccc(F)c1)=C(C#N)\C(N)=N/C. The summed E-state index contributed by atoms with van der Waals surface area (Å²) in [5.41, 5.74) is 5.27. The van der Waals surface area contributed by atoms with Crippen molar-refractivity contribution in [3.8, 4) is 11.8 Å². The molecule has 0 bridgehead atoms. The highest BCUT2D eigenvalue weighted by Gasteiger charge is 2.22. The smallest absolute Gasteiger partial charge is 0.269 e. The zero-order chi connectivity index (χ0) is 23.4. The Labute approximate surface area is 182 Å². The van der Waals surface area contributed by atoms with E-state index in [1.807, 2.05) is 6.07 Å². The second-order valence-electron chi connectivity index (χ2n) is 6.69. The number of nitrogens with two attached hydrogens (primary N) is 1. The number of benzene rings is 2. The van der Waals surface area contributed by atoms with Crippen LogP contribution < -0.4 is 16.6 Å². The first kappa shape index (κ1) is 22.3. The topological polar surface area (TPSA) is 121 Å². The molecule has 1 atom stereocenters. The average Bonchev–Trinajstić information content (AvgIpc) is 2.78. The number of hydrogen-bond acceptors (Lipinski definition) is 6. The van der Waals surface area contributed by atoms with Crippen molar-refractivity contribution in [1.82, 2.24) is 14.9 Å². The summed E-state index contributed by atoms with van der Waals surface area (Å²) in [6.07, 6.45) is 0. The highest BCUT2D eigenvalue weighted by atomic mass is 19.1. The molecule has 32 heavy (non-hydrogen) atoms. The van der Waals surface area contributed by atoms with Crippen LogP contribution in [0, 0.1) is 23.0 Å². The van der Waals surface area contributed by atoms with Gasteiger partial charge in [-0.1, -0.05) is 12.1 Å². The van der Waals surface area contributed by atoms with Crippen molar-refractivity contribution in [1.29, 1.82) is 5.26 Å². The van der Waals surface area contributed by atoms with Crippen LogP contribution in [0.1, 0.15) is 18.8 Å². The van der Waals surface area contributed by atoms with Crippen LogP contribution in [-0.4, -0.2) is 29.2 Å². The molecule has 8 nitrogen and oxygen atoms in total. The monoisotopic (exact) mass is 435 g/mol.